The lowest BCUT2D eigenvalue weighted by atomic mass is 10.4. The summed E-state index contributed by atoms with van der Waals surface area (Å²) in [6.45, 7) is 5.25. The van der Waals surface area contributed by atoms with Gasteiger partial charge in [0, 0.05) is 13.6 Å². The second-order valence-electron chi connectivity index (χ2n) is 2.47. The van der Waals surface area contributed by atoms with E-state index in [2.05, 4.69) is 29.9 Å². The Morgan fingerprint density at radius 2 is 2.40 bits per heavy atom. The molecule has 0 aromatic heterocycles. The summed E-state index contributed by atoms with van der Waals surface area (Å²) in [6.07, 6.45) is 1.16. The first-order valence-electron chi connectivity index (χ1n) is 3.52. The Hall–Kier alpha value is 0.230. The number of thiol groups is 1. The summed E-state index contributed by atoms with van der Waals surface area (Å²) in [4.78, 5) is 2.16. The number of hydrogen-bond acceptors (Lipinski definition) is 4. The Bertz CT molecular complexity index is 109. The maximum absolute atomic E-state index is 4.32. The van der Waals surface area contributed by atoms with Gasteiger partial charge in [-0.05, 0) is 6.42 Å². The topological polar surface area (TPSA) is 18.5 Å². The predicted octanol–water partition coefficient (Wildman–Crippen LogP) is 0.481. The van der Waals surface area contributed by atoms with Gasteiger partial charge < -0.3 is 0 Å². The van der Waals surface area contributed by atoms with Crippen molar-refractivity contribution in [3.63, 3.8) is 0 Å². The van der Waals surface area contributed by atoms with Crippen LogP contribution in [-0.2, 0) is 0 Å². The predicted molar refractivity (Wildman–Crippen MR) is 45.0 cm³/mol. The first-order valence-corrected chi connectivity index (χ1v) is 4.03. The van der Waals surface area contributed by atoms with E-state index >= 15 is 0 Å². The number of hydrogen-bond donors (Lipinski definition) is 2. The van der Waals surface area contributed by atoms with E-state index in [4.69, 9.17) is 0 Å². The van der Waals surface area contributed by atoms with E-state index in [1.807, 2.05) is 18.7 Å². The maximum Gasteiger partial charge on any atom is 0.119 e. The van der Waals surface area contributed by atoms with Crippen LogP contribution in [0.4, 0.5) is 0 Å². The van der Waals surface area contributed by atoms with E-state index in [0.717, 1.165) is 13.0 Å². The first-order chi connectivity index (χ1) is 4.74. The molecule has 1 radical (unpaired) electrons. The van der Waals surface area contributed by atoms with Crippen molar-refractivity contribution < 1.29 is 0 Å². The molecule has 59 valence electrons. The number of nitrogens with one attached hydrogen (secondary N) is 1. The van der Waals surface area contributed by atoms with Crippen molar-refractivity contribution in [2.24, 2.45) is 0 Å². The Kier molecular flexibility index (Phi) is 2.97. The van der Waals surface area contributed by atoms with Gasteiger partial charge in [0.1, 0.15) is 12.2 Å². The highest BCUT2D eigenvalue weighted by molar-refractivity contribution is 7.80. The number of rotatable bonds is 2. The first kappa shape index (κ1) is 8.33. The SMILES string of the molecule is CCCN1[CH]N(C)NC1S. The summed E-state index contributed by atoms with van der Waals surface area (Å²) in [5.41, 5.74) is 3.28. The van der Waals surface area contributed by atoms with Crippen LogP contribution in [0.15, 0.2) is 0 Å². The number of hydrazine groups is 1. The second kappa shape index (κ2) is 3.57. The molecule has 0 bridgehead atoms. The average Bonchev–Trinajstić information content (AvgIpc) is 2.13. The monoisotopic (exact) mass is 160 g/mol. The van der Waals surface area contributed by atoms with Gasteiger partial charge in [-0.2, -0.15) is 0 Å². The van der Waals surface area contributed by atoms with Crippen LogP contribution < -0.4 is 5.43 Å². The molecule has 1 heterocycles. The van der Waals surface area contributed by atoms with Crippen molar-refractivity contribution in [2.45, 2.75) is 18.8 Å². The highest BCUT2D eigenvalue weighted by Crippen LogP contribution is 2.12. The van der Waals surface area contributed by atoms with Crippen LogP contribution in [0.2, 0.25) is 0 Å². The lowest BCUT2D eigenvalue weighted by molar-refractivity contribution is 0.338. The Morgan fingerprint density at radius 3 is 2.80 bits per heavy atom. The van der Waals surface area contributed by atoms with Crippen molar-refractivity contribution >= 4 is 12.6 Å². The lowest BCUT2D eigenvalue weighted by Gasteiger charge is -2.15. The molecule has 1 unspecified atom stereocenters. The van der Waals surface area contributed by atoms with E-state index in [-0.39, 0.29) is 5.50 Å². The zero-order valence-electron chi connectivity index (χ0n) is 6.41. The van der Waals surface area contributed by atoms with E-state index in [1.54, 1.807) is 0 Å². The average molecular weight is 160 g/mol. The Morgan fingerprint density at radius 1 is 1.70 bits per heavy atom. The zero-order chi connectivity index (χ0) is 7.56. The summed E-state index contributed by atoms with van der Waals surface area (Å²) in [5, 5.41) is 1.92. The largest absolute Gasteiger partial charge is 0.259 e. The molecule has 1 rings (SSSR count). The molecule has 3 nitrogen and oxygen atoms in total. The molecule has 0 aromatic carbocycles. The molecule has 1 atom stereocenters. The van der Waals surface area contributed by atoms with Gasteiger partial charge in [-0.25, -0.2) is 10.4 Å². The van der Waals surface area contributed by atoms with Gasteiger partial charge >= 0.3 is 0 Å². The Balaban J connectivity index is 2.31. The third-order valence-corrected chi connectivity index (χ3v) is 1.85. The van der Waals surface area contributed by atoms with Crippen molar-refractivity contribution in [3.05, 3.63) is 6.67 Å². The standard InChI is InChI=1S/C6H14N3S/c1-3-4-9-5-8(2)7-6(9)10/h5-7,10H,3-4H2,1-2H3. The van der Waals surface area contributed by atoms with Crippen LogP contribution in [0.3, 0.4) is 0 Å². The van der Waals surface area contributed by atoms with Crippen LogP contribution >= 0.6 is 12.6 Å². The fourth-order valence-corrected chi connectivity index (χ4v) is 1.37. The highest BCUT2D eigenvalue weighted by atomic mass is 32.1. The third kappa shape index (κ3) is 1.85. The lowest BCUT2D eigenvalue weighted by Crippen LogP contribution is -2.32. The molecule has 0 aliphatic carbocycles. The minimum absolute atomic E-state index is 0.157. The van der Waals surface area contributed by atoms with Gasteiger partial charge in [0.2, 0.25) is 0 Å². The molecular formula is C6H14N3S. The zero-order valence-corrected chi connectivity index (χ0v) is 7.30. The molecule has 1 N–H and O–H groups in total. The van der Waals surface area contributed by atoms with Crippen LogP contribution in [0, 0.1) is 6.67 Å². The second-order valence-corrected chi connectivity index (χ2v) is 2.96. The molecule has 1 fully saturated rings. The summed E-state index contributed by atoms with van der Waals surface area (Å²) >= 11 is 4.32. The minimum Gasteiger partial charge on any atom is -0.259 e. The van der Waals surface area contributed by atoms with E-state index < -0.39 is 0 Å². The molecule has 10 heavy (non-hydrogen) atoms. The van der Waals surface area contributed by atoms with Crippen LogP contribution in [0.1, 0.15) is 13.3 Å². The molecule has 1 saturated heterocycles. The van der Waals surface area contributed by atoms with Gasteiger partial charge in [0.05, 0.1) is 0 Å². The van der Waals surface area contributed by atoms with Crippen molar-refractivity contribution in [2.75, 3.05) is 13.6 Å². The fourth-order valence-electron chi connectivity index (χ4n) is 1.01. The molecule has 0 amide bonds. The fraction of sp³-hybridized carbons (Fsp3) is 0.833. The van der Waals surface area contributed by atoms with Gasteiger partial charge in [-0.3, -0.25) is 4.90 Å². The summed E-state index contributed by atoms with van der Waals surface area (Å²) < 4.78 is 0. The van der Waals surface area contributed by atoms with Crippen LogP contribution in [-0.4, -0.2) is 29.0 Å². The molecule has 1 aliphatic heterocycles. The smallest absolute Gasteiger partial charge is 0.119 e. The maximum atomic E-state index is 4.32. The van der Waals surface area contributed by atoms with Gasteiger partial charge in [-0.1, -0.05) is 6.92 Å². The third-order valence-electron chi connectivity index (χ3n) is 1.44. The van der Waals surface area contributed by atoms with Gasteiger partial charge in [0.15, 0.2) is 0 Å². The molecule has 4 heteroatoms. The van der Waals surface area contributed by atoms with Gasteiger partial charge in [0.25, 0.3) is 0 Å². The van der Waals surface area contributed by atoms with E-state index in [9.17, 15) is 0 Å². The normalized spacial score (nSPS) is 29.7. The van der Waals surface area contributed by atoms with E-state index in [0.29, 0.717) is 0 Å². The Labute approximate surface area is 67.8 Å². The number of nitrogens with zero attached hydrogens (tertiary/aromatic N) is 2. The van der Waals surface area contributed by atoms with Crippen molar-refractivity contribution in [1.29, 1.82) is 0 Å². The molecule has 0 spiro atoms. The summed E-state index contributed by atoms with van der Waals surface area (Å²) in [7, 11) is 1.97. The molecule has 0 saturated carbocycles. The van der Waals surface area contributed by atoms with Crippen molar-refractivity contribution in [1.82, 2.24) is 15.3 Å². The van der Waals surface area contributed by atoms with Crippen molar-refractivity contribution in [3.8, 4) is 0 Å². The molecular weight excluding hydrogens is 146 g/mol. The van der Waals surface area contributed by atoms with E-state index in [1.165, 1.54) is 0 Å². The minimum atomic E-state index is 0.157. The molecule has 1 aliphatic rings. The quantitative estimate of drug-likeness (QED) is 0.573. The summed E-state index contributed by atoms with van der Waals surface area (Å²) in [5.74, 6) is 0. The van der Waals surface area contributed by atoms with Crippen LogP contribution in [0.25, 0.3) is 0 Å². The van der Waals surface area contributed by atoms with Crippen LogP contribution in [0.5, 0.6) is 0 Å². The van der Waals surface area contributed by atoms with Gasteiger partial charge in [-0.15, -0.1) is 12.6 Å². The molecule has 0 aromatic rings. The summed E-state index contributed by atoms with van der Waals surface area (Å²) in [6, 6.07) is 0. The highest BCUT2D eigenvalue weighted by Gasteiger charge is 2.23.